The fourth-order valence-corrected chi connectivity index (χ4v) is 2.82. The van der Waals surface area contributed by atoms with Crippen LogP contribution in [0, 0.1) is 0 Å². The van der Waals surface area contributed by atoms with Crippen molar-refractivity contribution in [3.8, 4) is 0 Å². The number of nitrogens with two attached hydrogens (primary N) is 1. The first-order valence-electron chi connectivity index (χ1n) is 5.30. The van der Waals surface area contributed by atoms with E-state index in [0.717, 1.165) is 5.69 Å². The van der Waals surface area contributed by atoms with E-state index >= 15 is 0 Å². The summed E-state index contributed by atoms with van der Waals surface area (Å²) in [6.07, 6.45) is 4.18. The maximum Gasteiger partial charge on any atom is 0.167 e. The Hall–Kier alpha value is -0.680. The van der Waals surface area contributed by atoms with Crippen molar-refractivity contribution in [3.63, 3.8) is 0 Å². The highest BCUT2D eigenvalue weighted by atomic mass is 32.2. The van der Waals surface area contributed by atoms with Crippen LogP contribution in [0.5, 0.6) is 0 Å². The highest BCUT2D eigenvalue weighted by Gasteiger charge is 2.18. The summed E-state index contributed by atoms with van der Waals surface area (Å²) < 4.78 is 0. The van der Waals surface area contributed by atoms with Crippen LogP contribution in [-0.4, -0.2) is 26.7 Å². The van der Waals surface area contributed by atoms with Gasteiger partial charge in [0, 0.05) is 5.92 Å². The first kappa shape index (κ1) is 10.8. The first-order chi connectivity index (χ1) is 7.27. The average molecular weight is 224 g/mol. The van der Waals surface area contributed by atoms with Gasteiger partial charge in [-0.25, -0.2) is 4.98 Å². The Balaban J connectivity index is 2.16. The van der Waals surface area contributed by atoms with E-state index in [1.165, 1.54) is 24.3 Å². The summed E-state index contributed by atoms with van der Waals surface area (Å²) in [6.45, 7) is 1.89. The Morgan fingerprint density at radius 2 is 2.20 bits per heavy atom. The van der Waals surface area contributed by atoms with Crippen molar-refractivity contribution in [2.75, 3.05) is 11.5 Å². The Morgan fingerprint density at radius 3 is 2.87 bits per heavy atom. The average Bonchev–Trinajstić information content (AvgIpc) is 2.30. The predicted octanol–water partition coefficient (Wildman–Crippen LogP) is 1.50. The molecule has 2 N–H and O–H groups in total. The van der Waals surface area contributed by atoms with Gasteiger partial charge in [0.05, 0.1) is 17.9 Å². The summed E-state index contributed by atoms with van der Waals surface area (Å²) in [5.74, 6) is 3.66. The second kappa shape index (κ2) is 4.90. The molecule has 0 spiro atoms. The molecule has 0 bridgehead atoms. The predicted molar refractivity (Wildman–Crippen MR) is 61.7 cm³/mol. The van der Waals surface area contributed by atoms with Crippen molar-refractivity contribution in [1.82, 2.24) is 15.2 Å². The number of hydrogen-bond acceptors (Lipinski definition) is 5. The van der Waals surface area contributed by atoms with E-state index in [-0.39, 0.29) is 6.04 Å². The van der Waals surface area contributed by atoms with Crippen LogP contribution < -0.4 is 5.73 Å². The minimum Gasteiger partial charge on any atom is -0.321 e. The number of rotatable bonds is 2. The van der Waals surface area contributed by atoms with E-state index in [4.69, 9.17) is 5.73 Å². The van der Waals surface area contributed by atoms with E-state index < -0.39 is 0 Å². The van der Waals surface area contributed by atoms with Gasteiger partial charge in [-0.2, -0.15) is 16.9 Å². The SMILES string of the molecule is CC(N)c1nncc(C2CCSCC2)n1. The normalized spacial score (nSPS) is 20.1. The van der Waals surface area contributed by atoms with Crippen molar-refractivity contribution < 1.29 is 0 Å². The van der Waals surface area contributed by atoms with Gasteiger partial charge in [-0.05, 0) is 31.3 Å². The van der Waals surface area contributed by atoms with Crippen LogP contribution in [0.15, 0.2) is 6.20 Å². The number of hydrogen-bond donors (Lipinski definition) is 1. The molecule has 1 aromatic rings. The number of aromatic nitrogens is 3. The van der Waals surface area contributed by atoms with Crippen LogP contribution in [-0.2, 0) is 0 Å². The van der Waals surface area contributed by atoms with Gasteiger partial charge in [-0.1, -0.05) is 0 Å². The molecule has 0 saturated carbocycles. The largest absolute Gasteiger partial charge is 0.321 e. The van der Waals surface area contributed by atoms with Gasteiger partial charge in [0.1, 0.15) is 0 Å². The van der Waals surface area contributed by atoms with Gasteiger partial charge in [0.25, 0.3) is 0 Å². The molecule has 15 heavy (non-hydrogen) atoms. The van der Waals surface area contributed by atoms with Gasteiger partial charge < -0.3 is 5.73 Å². The molecular formula is C10H16N4S. The maximum absolute atomic E-state index is 5.74. The van der Waals surface area contributed by atoms with Gasteiger partial charge in [-0.15, -0.1) is 5.10 Å². The van der Waals surface area contributed by atoms with E-state index in [1.54, 1.807) is 6.20 Å². The van der Waals surface area contributed by atoms with Gasteiger partial charge >= 0.3 is 0 Å². The third kappa shape index (κ3) is 2.66. The Bertz CT molecular complexity index is 323. The zero-order chi connectivity index (χ0) is 10.7. The molecule has 82 valence electrons. The highest BCUT2D eigenvalue weighted by Crippen LogP contribution is 2.29. The van der Waals surface area contributed by atoms with Crippen molar-refractivity contribution in [3.05, 3.63) is 17.7 Å². The van der Waals surface area contributed by atoms with E-state index in [9.17, 15) is 0 Å². The molecule has 1 aliphatic heterocycles. The van der Waals surface area contributed by atoms with Gasteiger partial charge in [-0.3, -0.25) is 0 Å². The summed E-state index contributed by atoms with van der Waals surface area (Å²) >= 11 is 2.02. The van der Waals surface area contributed by atoms with Crippen molar-refractivity contribution >= 4 is 11.8 Å². The van der Waals surface area contributed by atoms with E-state index in [1.807, 2.05) is 18.7 Å². The van der Waals surface area contributed by atoms with Crippen molar-refractivity contribution in [1.29, 1.82) is 0 Å². The molecule has 1 aliphatic rings. The molecule has 1 atom stereocenters. The zero-order valence-corrected chi connectivity index (χ0v) is 9.70. The summed E-state index contributed by atoms with van der Waals surface area (Å²) in [7, 11) is 0. The highest BCUT2D eigenvalue weighted by molar-refractivity contribution is 7.99. The smallest absolute Gasteiger partial charge is 0.167 e. The van der Waals surface area contributed by atoms with Crippen LogP contribution >= 0.6 is 11.8 Å². The molecule has 0 aromatic carbocycles. The second-order valence-electron chi connectivity index (χ2n) is 3.91. The van der Waals surface area contributed by atoms with Crippen LogP contribution in [0.1, 0.15) is 43.2 Å². The van der Waals surface area contributed by atoms with Crippen molar-refractivity contribution in [2.24, 2.45) is 5.73 Å². The van der Waals surface area contributed by atoms with Crippen LogP contribution in [0.4, 0.5) is 0 Å². The van der Waals surface area contributed by atoms with Gasteiger partial charge in [0.15, 0.2) is 5.82 Å². The minimum atomic E-state index is -0.129. The standard InChI is InChI=1S/C10H16N4S/c1-7(11)10-13-9(6-12-14-10)8-2-4-15-5-3-8/h6-8H,2-5,11H2,1H3. The summed E-state index contributed by atoms with van der Waals surface area (Å²) in [6, 6.07) is -0.129. The molecule has 5 heteroatoms. The van der Waals surface area contributed by atoms with Crippen LogP contribution in [0.2, 0.25) is 0 Å². The summed E-state index contributed by atoms with van der Waals surface area (Å²) in [4.78, 5) is 4.49. The van der Waals surface area contributed by atoms with Crippen LogP contribution in [0.25, 0.3) is 0 Å². The quantitative estimate of drug-likeness (QED) is 0.824. The number of nitrogens with zero attached hydrogens (tertiary/aromatic N) is 3. The minimum absolute atomic E-state index is 0.129. The monoisotopic (exact) mass is 224 g/mol. The summed E-state index contributed by atoms with van der Waals surface area (Å²) in [5.41, 5.74) is 6.81. The lowest BCUT2D eigenvalue weighted by Crippen LogP contribution is -2.15. The molecule has 0 amide bonds. The maximum atomic E-state index is 5.74. The molecule has 1 saturated heterocycles. The molecule has 1 aromatic heterocycles. The lowest BCUT2D eigenvalue weighted by Gasteiger charge is -2.20. The number of thioether (sulfide) groups is 1. The third-order valence-electron chi connectivity index (χ3n) is 2.64. The third-order valence-corrected chi connectivity index (χ3v) is 3.69. The van der Waals surface area contributed by atoms with E-state index in [2.05, 4.69) is 15.2 Å². The summed E-state index contributed by atoms with van der Waals surface area (Å²) in [5, 5.41) is 7.92. The molecule has 4 nitrogen and oxygen atoms in total. The van der Waals surface area contributed by atoms with Crippen LogP contribution in [0.3, 0.4) is 0 Å². The molecule has 1 fully saturated rings. The molecule has 0 radical (unpaired) electrons. The topological polar surface area (TPSA) is 64.7 Å². The second-order valence-corrected chi connectivity index (χ2v) is 5.14. The molecular weight excluding hydrogens is 208 g/mol. The Labute approximate surface area is 94.1 Å². The Morgan fingerprint density at radius 1 is 1.47 bits per heavy atom. The van der Waals surface area contributed by atoms with E-state index in [0.29, 0.717) is 11.7 Å². The molecule has 0 aliphatic carbocycles. The molecule has 2 heterocycles. The lowest BCUT2D eigenvalue weighted by atomic mass is 9.99. The fraction of sp³-hybridized carbons (Fsp3) is 0.700. The van der Waals surface area contributed by atoms with Gasteiger partial charge in [0.2, 0.25) is 0 Å². The lowest BCUT2D eigenvalue weighted by molar-refractivity contribution is 0.592. The molecule has 1 unspecified atom stereocenters. The Kier molecular flexibility index (Phi) is 3.53. The first-order valence-corrected chi connectivity index (χ1v) is 6.45. The fourth-order valence-electron chi connectivity index (χ4n) is 1.71. The van der Waals surface area contributed by atoms with Crippen molar-refractivity contribution in [2.45, 2.75) is 31.7 Å². The molecule has 2 rings (SSSR count). The zero-order valence-electron chi connectivity index (χ0n) is 8.89.